The maximum atomic E-state index is 11.7. The van der Waals surface area contributed by atoms with Crippen LogP contribution in [-0.2, 0) is 4.74 Å². The van der Waals surface area contributed by atoms with Crippen molar-refractivity contribution in [2.24, 2.45) is 5.92 Å². The Hall–Kier alpha value is -0.730. The SMILES string of the molecule is CN(C(=O)OC(C)(C)C)C12CC(C1)C2. The largest absolute Gasteiger partial charge is 0.444 e. The average Bonchev–Trinajstić information content (AvgIpc) is 1.75. The molecule has 1 amide bonds. The Kier molecular flexibility index (Phi) is 1.85. The average molecular weight is 197 g/mol. The standard InChI is InChI=1S/C11H19NO2/c1-10(2,3)14-9(13)12(4)11-5-8(6-11)7-11/h8H,5-7H2,1-4H3. The molecular weight excluding hydrogens is 178 g/mol. The molecule has 0 unspecified atom stereocenters. The Labute approximate surface area is 85.4 Å². The molecule has 2 bridgehead atoms. The number of rotatable bonds is 1. The van der Waals surface area contributed by atoms with Gasteiger partial charge in [0.15, 0.2) is 0 Å². The van der Waals surface area contributed by atoms with E-state index in [9.17, 15) is 4.79 Å². The third kappa shape index (κ3) is 1.39. The molecule has 3 aliphatic rings. The highest BCUT2D eigenvalue weighted by Gasteiger charge is 2.60. The van der Waals surface area contributed by atoms with E-state index in [4.69, 9.17) is 4.74 Å². The van der Waals surface area contributed by atoms with Crippen LogP contribution in [0.4, 0.5) is 4.79 Å². The second-order valence-electron chi connectivity index (χ2n) is 5.74. The number of hydrogen-bond acceptors (Lipinski definition) is 2. The lowest BCUT2D eigenvalue weighted by atomic mass is 9.49. The summed E-state index contributed by atoms with van der Waals surface area (Å²) in [5.41, 5.74) is -0.206. The zero-order valence-electron chi connectivity index (χ0n) is 9.46. The lowest BCUT2D eigenvalue weighted by Crippen LogP contribution is -2.68. The van der Waals surface area contributed by atoms with Gasteiger partial charge in [-0.05, 0) is 46.0 Å². The molecule has 3 nitrogen and oxygen atoms in total. The molecule has 0 aliphatic heterocycles. The van der Waals surface area contributed by atoms with Crippen molar-refractivity contribution in [3.63, 3.8) is 0 Å². The van der Waals surface area contributed by atoms with Gasteiger partial charge in [-0.3, -0.25) is 0 Å². The molecule has 0 saturated heterocycles. The Morgan fingerprint density at radius 2 is 1.86 bits per heavy atom. The predicted molar refractivity (Wildman–Crippen MR) is 54.1 cm³/mol. The van der Waals surface area contributed by atoms with Gasteiger partial charge < -0.3 is 9.64 Å². The second-order valence-corrected chi connectivity index (χ2v) is 5.74. The van der Waals surface area contributed by atoms with E-state index in [1.54, 1.807) is 4.90 Å². The van der Waals surface area contributed by atoms with Crippen molar-refractivity contribution >= 4 is 6.09 Å². The van der Waals surface area contributed by atoms with E-state index in [2.05, 4.69) is 0 Å². The summed E-state index contributed by atoms with van der Waals surface area (Å²) in [5, 5.41) is 0. The van der Waals surface area contributed by atoms with Gasteiger partial charge in [0.2, 0.25) is 0 Å². The van der Waals surface area contributed by atoms with Crippen molar-refractivity contribution in [3.8, 4) is 0 Å². The van der Waals surface area contributed by atoms with Crippen molar-refractivity contribution in [1.82, 2.24) is 4.90 Å². The summed E-state index contributed by atoms with van der Waals surface area (Å²) in [7, 11) is 1.86. The maximum Gasteiger partial charge on any atom is 0.410 e. The van der Waals surface area contributed by atoms with E-state index in [0.29, 0.717) is 0 Å². The van der Waals surface area contributed by atoms with Gasteiger partial charge >= 0.3 is 6.09 Å². The molecule has 3 saturated carbocycles. The van der Waals surface area contributed by atoms with Crippen LogP contribution in [-0.4, -0.2) is 29.2 Å². The quantitative estimate of drug-likeness (QED) is 0.646. The van der Waals surface area contributed by atoms with Crippen LogP contribution in [0, 0.1) is 5.92 Å². The molecule has 0 atom stereocenters. The van der Waals surface area contributed by atoms with Crippen LogP contribution < -0.4 is 0 Å². The minimum absolute atomic E-state index is 0.171. The normalized spacial score (nSPS) is 34.1. The molecule has 3 fully saturated rings. The van der Waals surface area contributed by atoms with Gasteiger partial charge in [0.25, 0.3) is 0 Å². The molecule has 80 valence electrons. The lowest BCUT2D eigenvalue weighted by Gasteiger charge is -2.65. The zero-order chi connectivity index (χ0) is 10.6. The first-order valence-electron chi connectivity index (χ1n) is 5.29. The van der Waals surface area contributed by atoms with E-state index in [1.165, 1.54) is 19.3 Å². The Bertz CT molecular complexity index is 250. The molecule has 0 aromatic heterocycles. The third-order valence-corrected chi connectivity index (χ3v) is 3.38. The smallest absolute Gasteiger partial charge is 0.410 e. The van der Waals surface area contributed by atoms with Crippen LogP contribution in [0.1, 0.15) is 40.0 Å². The summed E-state index contributed by atoms with van der Waals surface area (Å²) in [6, 6.07) is 0. The van der Waals surface area contributed by atoms with Crippen LogP contribution >= 0.6 is 0 Å². The molecule has 3 rings (SSSR count). The summed E-state index contributed by atoms with van der Waals surface area (Å²) in [6.07, 6.45) is 3.38. The van der Waals surface area contributed by atoms with E-state index < -0.39 is 0 Å². The molecule has 0 N–H and O–H groups in total. The highest BCUT2D eigenvalue weighted by atomic mass is 16.6. The number of carbonyl (C=O) groups excluding carboxylic acids is 1. The zero-order valence-corrected chi connectivity index (χ0v) is 9.46. The van der Waals surface area contributed by atoms with Gasteiger partial charge in [0, 0.05) is 12.6 Å². The molecule has 0 aromatic carbocycles. The van der Waals surface area contributed by atoms with Gasteiger partial charge in [0.1, 0.15) is 5.60 Å². The topological polar surface area (TPSA) is 29.5 Å². The third-order valence-electron chi connectivity index (χ3n) is 3.38. The fourth-order valence-electron chi connectivity index (χ4n) is 2.37. The van der Waals surface area contributed by atoms with Crippen molar-refractivity contribution in [2.45, 2.75) is 51.2 Å². The monoisotopic (exact) mass is 197 g/mol. The summed E-state index contributed by atoms with van der Waals surface area (Å²) in [4.78, 5) is 13.5. The number of nitrogens with zero attached hydrogens (tertiary/aromatic N) is 1. The van der Waals surface area contributed by atoms with Crippen LogP contribution in [0.15, 0.2) is 0 Å². The van der Waals surface area contributed by atoms with E-state index in [-0.39, 0.29) is 17.2 Å². The lowest BCUT2D eigenvalue weighted by molar-refractivity contribution is -0.128. The minimum atomic E-state index is -0.380. The second kappa shape index (κ2) is 2.65. The van der Waals surface area contributed by atoms with Gasteiger partial charge in [0.05, 0.1) is 0 Å². The molecule has 0 aromatic rings. The maximum absolute atomic E-state index is 11.7. The van der Waals surface area contributed by atoms with Crippen molar-refractivity contribution in [2.75, 3.05) is 7.05 Å². The van der Waals surface area contributed by atoms with Crippen LogP contribution in [0.25, 0.3) is 0 Å². The van der Waals surface area contributed by atoms with E-state index >= 15 is 0 Å². The molecular formula is C11H19NO2. The molecule has 0 spiro atoms. The fourth-order valence-corrected chi connectivity index (χ4v) is 2.37. The van der Waals surface area contributed by atoms with E-state index in [0.717, 1.165) is 5.92 Å². The van der Waals surface area contributed by atoms with Crippen molar-refractivity contribution < 1.29 is 9.53 Å². The van der Waals surface area contributed by atoms with Crippen LogP contribution in [0.5, 0.6) is 0 Å². The van der Waals surface area contributed by atoms with Gasteiger partial charge in [-0.2, -0.15) is 0 Å². The molecule has 3 aliphatic carbocycles. The first kappa shape index (κ1) is 9.81. The van der Waals surface area contributed by atoms with Gasteiger partial charge in [-0.1, -0.05) is 0 Å². The first-order chi connectivity index (χ1) is 6.32. The van der Waals surface area contributed by atoms with Crippen molar-refractivity contribution in [1.29, 1.82) is 0 Å². The number of ether oxygens (including phenoxy) is 1. The Balaban J connectivity index is 1.91. The van der Waals surface area contributed by atoms with Crippen LogP contribution in [0.3, 0.4) is 0 Å². The molecule has 0 heterocycles. The Morgan fingerprint density at radius 1 is 1.36 bits per heavy atom. The summed E-state index contributed by atoms with van der Waals surface area (Å²) in [5.74, 6) is 0.889. The van der Waals surface area contributed by atoms with Gasteiger partial charge in [-0.25, -0.2) is 4.79 Å². The summed E-state index contributed by atoms with van der Waals surface area (Å²) >= 11 is 0. The Morgan fingerprint density at radius 3 is 2.14 bits per heavy atom. The van der Waals surface area contributed by atoms with Gasteiger partial charge in [-0.15, -0.1) is 0 Å². The van der Waals surface area contributed by atoms with Crippen molar-refractivity contribution in [3.05, 3.63) is 0 Å². The van der Waals surface area contributed by atoms with E-state index in [1.807, 2.05) is 27.8 Å². The number of amides is 1. The first-order valence-corrected chi connectivity index (χ1v) is 5.29. The number of carbonyl (C=O) groups is 1. The molecule has 14 heavy (non-hydrogen) atoms. The highest BCUT2D eigenvalue weighted by molar-refractivity contribution is 5.69. The fraction of sp³-hybridized carbons (Fsp3) is 0.909. The number of hydrogen-bond donors (Lipinski definition) is 0. The molecule has 0 radical (unpaired) electrons. The van der Waals surface area contributed by atoms with Crippen LogP contribution in [0.2, 0.25) is 0 Å². The summed E-state index contributed by atoms with van der Waals surface area (Å²) < 4.78 is 5.33. The molecule has 3 heteroatoms. The summed E-state index contributed by atoms with van der Waals surface area (Å²) in [6.45, 7) is 5.71. The predicted octanol–water partition coefficient (Wildman–Crippen LogP) is 2.41. The minimum Gasteiger partial charge on any atom is -0.444 e. The highest BCUT2D eigenvalue weighted by Crippen LogP contribution is 2.60.